The van der Waals surface area contributed by atoms with Gasteiger partial charge in [0, 0.05) is 5.69 Å². The van der Waals surface area contributed by atoms with Crippen molar-refractivity contribution in [3.8, 4) is 11.5 Å². The van der Waals surface area contributed by atoms with Crippen LogP contribution in [0.15, 0.2) is 103 Å². The van der Waals surface area contributed by atoms with E-state index in [4.69, 9.17) is 9.47 Å². The van der Waals surface area contributed by atoms with Crippen LogP contribution in [0.2, 0.25) is 0 Å². The zero-order valence-electron chi connectivity index (χ0n) is 22.6. The van der Waals surface area contributed by atoms with Crippen molar-refractivity contribution in [3.63, 3.8) is 0 Å². The largest absolute Gasteiger partial charge is 0.493 e. The van der Waals surface area contributed by atoms with Gasteiger partial charge in [0.25, 0.3) is 17.7 Å². The molecule has 0 aromatic heterocycles. The van der Waals surface area contributed by atoms with E-state index in [9.17, 15) is 23.6 Å². The van der Waals surface area contributed by atoms with Gasteiger partial charge < -0.3 is 14.8 Å². The minimum absolute atomic E-state index is 0.238. The fourth-order valence-electron chi connectivity index (χ4n) is 4.34. The Kier molecular flexibility index (Phi) is 8.81. The minimum Gasteiger partial charge on any atom is -0.493 e. The van der Waals surface area contributed by atoms with Crippen LogP contribution in [0.3, 0.4) is 0 Å². The quantitative estimate of drug-likeness (QED) is 0.137. The molecule has 0 saturated carbocycles. The summed E-state index contributed by atoms with van der Waals surface area (Å²) < 4.78 is 24.9. The van der Waals surface area contributed by atoms with E-state index in [-0.39, 0.29) is 23.7 Å². The molecular weight excluding hydrogens is 668 g/mol. The molecule has 5 amide bonds. The number of ether oxygens (including phenoxy) is 2. The van der Waals surface area contributed by atoms with Gasteiger partial charge in [-0.25, -0.2) is 19.0 Å². The molecule has 1 aliphatic heterocycles. The summed E-state index contributed by atoms with van der Waals surface area (Å²) in [6.07, 6.45) is 1.39. The maximum Gasteiger partial charge on any atom is 0.343 e. The Balaban J connectivity index is 1.45. The summed E-state index contributed by atoms with van der Waals surface area (Å²) in [6, 6.07) is 24.4. The molecule has 0 aliphatic carbocycles. The Morgan fingerprint density at radius 2 is 1.42 bits per heavy atom. The number of barbiturate groups is 1. The highest BCUT2D eigenvalue weighted by Crippen LogP contribution is 2.36. The summed E-state index contributed by atoms with van der Waals surface area (Å²) in [6.45, 7) is -0.360. The Labute approximate surface area is 259 Å². The third-order valence-corrected chi connectivity index (χ3v) is 7.12. The molecule has 1 saturated heterocycles. The molecule has 43 heavy (non-hydrogen) atoms. The Morgan fingerprint density at radius 3 is 1.95 bits per heavy atom. The predicted octanol–water partition coefficient (Wildman–Crippen LogP) is 6.04. The molecule has 0 radical (unpaired) electrons. The number of nitrogens with one attached hydrogen (secondary N) is 1. The van der Waals surface area contributed by atoms with Crippen LogP contribution in [0, 0.1) is 9.39 Å². The number of carbonyl (C=O) groups is 4. The number of halogens is 2. The molecule has 0 spiro atoms. The van der Waals surface area contributed by atoms with Crippen molar-refractivity contribution in [2.24, 2.45) is 0 Å². The Bertz CT molecular complexity index is 1670. The summed E-state index contributed by atoms with van der Waals surface area (Å²) in [5, 5.41) is 2.62. The highest BCUT2D eigenvalue weighted by molar-refractivity contribution is 14.1. The molecule has 216 valence electrons. The maximum absolute atomic E-state index is 13.6. The number of para-hydroxylation sites is 2. The van der Waals surface area contributed by atoms with Crippen LogP contribution in [-0.4, -0.2) is 37.5 Å². The smallest absolute Gasteiger partial charge is 0.343 e. The van der Waals surface area contributed by atoms with Crippen LogP contribution >= 0.6 is 22.6 Å². The van der Waals surface area contributed by atoms with Gasteiger partial charge in [-0.3, -0.25) is 14.4 Å². The molecule has 0 atom stereocenters. The third-order valence-electron chi connectivity index (χ3n) is 6.32. The molecule has 1 heterocycles. The van der Waals surface area contributed by atoms with Gasteiger partial charge in [0.2, 0.25) is 0 Å². The molecule has 4 aromatic rings. The number of carbonyl (C=O) groups excluding carboxylic acids is 4. The molecule has 1 aliphatic rings. The summed E-state index contributed by atoms with van der Waals surface area (Å²) in [5.41, 5.74) is 1.22. The summed E-state index contributed by atoms with van der Waals surface area (Å²) >= 11 is 1.99. The molecule has 1 N–H and O–H groups in total. The standard InChI is InChI=1S/C32H23FIN3O6/c1-42-27-18-20(17-26(34)29(27)43-19-28(38)35-22-14-12-21(33)13-15-22)16-25-30(39)36(23-8-4-2-5-9-23)32(41)37(31(25)40)24-10-6-3-7-11-24/h2-18H,19H2,1H3,(H,35,38). The number of anilines is 3. The second-order valence-corrected chi connectivity index (χ2v) is 10.3. The monoisotopic (exact) mass is 691 g/mol. The van der Waals surface area contributed by atoms with E-state index in [1.807, 2.05) is 22.6 Å². The van der Waals surface area contributed by atoms with Gasteiger partial charge in [0.1, 0.15) is 11.4 Å². The van der Waals surface area contributed by atoms with Crippen molar-refractivity contribution in [3.05, 3.63) is 118 Å². The first-order valence-electron chi connectivity index (χ1n) is 12.9. The topological polar surface area (TPSA) is 105 Å². The second-order valence-electron chi connectivity index (χ2n) is 9.17. The first kappa shape index (κ1) is 29.5. The molecule has 5 rings (SSSR count). The lowest BCUT2D eigenvalue weighted by atomic mass is 10.0. The number of rotatable bonds is 8. The van der Waals surface area contributed by atoms with Crippen molar-refractivity contribution < 1.29 is 33.0 Å². The molecule has 0 bridgehead atoms. The van der Waals surface area contributed by atoms with E-state index >= 15 is 0 Å². The van der Waals surface area contributed by atoms with Gasteiger partial charge in [-0.15, -0.1) is 0 Å². The number of amides is 5. The second kappa shape index (κ2) is 12.9. The zero-order chi connectivity index (χ0) is 30.5. The van der Waals surface area contributed by atoms with E-state index in [1.54, 1.807) is 72.8 Å². The zero-order valence-corrected chi connectivity index (χ0v) is 24.8. The van der Waals surface area contributed by atoms with Gasteiger partial charge in [-0.2, -0.15) is 0 Å². The van der Waals surface area contributed by atoms with Crippen LogP contribution in [0.1, 0.15) is 5.56 Å². The van der Waals surface area contributed by atoms with E-state index in [1.165, 1.54) is 37.5 Å². The van der Waals surface area contributed by atoms with E-state index in [0.717, 1.165) is 9.80 Å². The Morgan fingerprint density at radius 1 is 0.860 bits per heavy atom. The fourth-order valence-corrected chi connectivity index (χ4v) is 5.12. The summed E-state index contributed by atoms with van der Waals surface area (Å²) in [7, 11) is 1.41. The highest BCUT2D eigenvalue weighted by Gasteiger charge is 2.43. The average molecular weight is 691 g/mol. The number of nitrogens with zero attached hydrogens (tertiary/aromatic N) is 2. The number of imide groups is 2. The van der Waals surface area contributed by atoms with Gasteiger partial charge in [-0.05, 0) is 94.9 Å². The lowest BCUT2D eigenvalue weighted by Crippen LogP contribution is -2.57. The lowest BCUT2D eigenvalue weighted by molar-refractivity contribution is -0.121. The third kappa shape index (κ3) is 6.41. The number of urea groups is 1. The molecule has 11 heteroatoms. The fraction of sp³-hybridized carbons (Fsp3) is 0.0625. The summed E-state index contributed by atoms with van der Waals surface area (Å²) in [4.78, 5) is 55.1. The normalized spacial score (nSPS) is 13.2. The van der Waals surface area contributed by atoms with Crippen LogP contribution < -0.4 is 24.6 Å². The molecular formula is C32H23FIN3O6. The maximum atomic E-state index is 13.6. The highest BCUT2D eigenvalue weighted by atomic mass is 127. The predicted molar refractivity (Wildman–Crippen MR) is 167 cm³/mol. The van der Waals surface area contributed by atoms with Crippen LogP contribution in [-0.2, 0) is 14.4 Å². The van der Waals surface area contributed by atoms with Crippen molar-refractivity contribution in [1.82, 2.24) is 0 Å². The van der Waals surface area contributed by atoms with Crippen LogP contribution in [0.5, 0.6) is 11.5 Å². The molecule has 9 nitrogen and oxygen atoms in total. The van der Waals surface area contributed by atoms with E-state index in [2.05, 4.69) is 5.32 Å². The van der Waals surface area contributed by atoms with Crippen molar-refractivity contribution >= 4 is 69.5 Å². The number of hydrogen-bond acceptors (Lipinski definition) is 6. The first-order valence-corrected chi connectivity index (χ1v) is 13.9. The number of benzene rings is 4. The summed E-state index contributed by atoms with van der Waals surface area (Å²) in [5.74, 6) is -1.93. The van der Waals surface area contributed by atoms with Crippen LogP contribution in [0.25, 0.3) is 6.08 Å². The molecule has 1 fully saturated rings. The molecule has 4 aromatic carbocycles. The van der Waals surface area contributed by atoms with Gasteiger partial charge >= 0.3 is 6.03 Å². The van der Waals surface area contributed by atoms with Crippen LogP contribution in [0.4, 0.5) is 26.2 Å². The van der Waals surface area contributed by atoms with Gasteiger partial charge in [0.05, 0.1) is 22.1 Å². The van der Waals surface area contributed by atoms with Crippen molar-refractivity contribution in [2.75, 3.05) is 28.8 Å². The lowest BCUT2D eigenvalue weighted by Gasteiger charge is -2.34. The molecule has 0 unspecified atom stereocenters. The Hall–Kier alpha value is -5.04. The van der Waals surface area contributed by atoms with E-state index in [0.29, 0.717) is 26.2 Å². The number of hydrogen-bond donors (Lipinski definition) is 1. The minimum atomic E-state index is -0.792. The van der Waals surface area contributed by atoms with Crippen molar-refractivity contribution in [1.29, 1.82) is 0 Å². The first-order chi connectivity index (χ1) is 20.8. The SMILES string of the molecule is COc1cc(C=C2C(=O)N(c3ccccc3)C(=O)N(c3ccccc3)C2=O)cc(I)c1OCC(=O)Nc1ccc(F)cc1. The van der Waals surface area contributed by atoms with Gasteiger partial charge in [-0.1, -0.05) is 36.4 Å². The van der Waals surface area contributed by atoms with Gasteiger partial charge in [0.15, 0.2) is 18.1 Å². The number of methoxy groups -OCH3 is 1. The van der Waals surface area contributed by atoms with Crippen molar-refractivity contribution in [2.45, 2.75) is 0 Å². The average Bonchev–Trinajstić information content (AvgIpc) is 3.01. The van der Waals surface area contributed by atoms with E-state index < -0.39 is 29.6 Å².